The lowest BCUT2D eigenvalue weighted by Crippen LogP contribution is -2.36. The summed E-state index contributed by atoms with van der Waals surface area (Å²) in [6.45, 7) is 10.1. The van der Waals surface area contributed by atoms with Gasteiger partial charge in [0.05, 0.1) is 26.4 Å². The number of carbonyl (C=O) groups is 1. The average Bonchev–Trinajstić information content (AvgIpc) is 2.97. The van der Waals surface area contributed by atoms with Gasteiger partial charge in [-0.3, -0.25) is 0 Å². The molecule has 1 aliphatic rings. The third kappa shape index (κ3) is 6.48. The molecule has 0 unspecified atom stereocenters. The highest BCUT2D eigenvalue weighted by molar-refractivity contribution is 5.81. The first-order valence-corrected chi connectivity index (χ1v) is 9.44. The molecule has 1 fully saturated rings. The summed E-state index contributed by atoms with van der Waals surface area (Å²) in [4.78, 5) is 11.5. The van der Waals surface area contributed by atoms with Gasteiger partial charge in [0, 0.05) is 6.08 Å². The molecule has 3 atom stereocenters. The number of methoxy groups -OCH3 is 1. The summed E-state index contributed by atoms with van der Waals surface area (Å²) < 4.78 is 28.2. The fourth-order valence-electron chi connectivity index (χ4n) is 3.02. The summed E-state index contributed by atoms with van der Waals surface area (Å²) in [5.74, 6) is -0.308. The minimum absolute atomic E-state index is 0.264. The lowest BCUT2D eigenvalue weighted by molar-refractivity contribution is -0.156. The van der Waals surface area contributed by atoms with Crippen LogP contribution in [0.3, 0.4) is 0 Å². The smallest absolute Gasteiger partial charge is 0.330 e. The van der Waals surface area contributed by atoms with E-state index in [0.29, 0.717) is 19.6 Å². The normalized spacial score (nSPS) is 22.1. The van der Waals surface area contributed by atoms with Gasteiger partial charge >= 0.3 is 5.97 Å². The van der Waals surface area contributed by atoms with Crippen LogP contribution in [0.25, 0.3) is 0 Å². The van der Waals surface area contributed by atoms with Crippen molar-refractivity contribution in [1.29, 1.82) is 0 Å². The summed E-state index contributed by atoms with van der Waals surface area (Å²) in [5.41, 5.74) is 1.02. The first kappa shape index (κ1) is 22.1. The fourth-order valence-corrected chi connectivity index (χ4v) is 3.02. The molecule has 0 aliphatic carbocycles. The Kier molecular flexibility index (Phi) is 8.23. The van der Waals surface area contributed by atoms with Crippen LogP contribution >= 0.6 is 0 Å². The Bertz CT molecular complexity index is 664. The Labute approximate surface area is 167 Å². The van der Waals surface area contributed by atoms with E-state index >= 15 is 0 Å². The molecule has 0 spiro atoms. The minimum Gasteiger partial charge on any atom is -0.497 e. The quantitative estimate of drug-likeness (QED) is 0.344. The molecule has 1 aromatic rings. The standard InChI is InChI=1S/C22H30O6/c1-6-18(26-15-16-11-13-17(24-5)14-12-16)21-19(27-22(3,4)28-21)9-8-10-20(23)25-7-2/h6,8,10-14,18-19,21H,1,7,9,15H2,2-5H3/b10-8+/t18-,19+,21-/m0/s1. The number of carbonyl (C=O) groups excluding carboxylic acids is 1. The molecule has 1 aliphatic heterocycles. The fraction of sp³-hybridized carbons (Fsp3) is 0.500. The van der Waals surface area contributed by atoms with Crippen LogP contribution in [0.1, 0.15) is 32.8 Å². The van der Waals surface area contributed by atoms with E-state index in [1.807, 2.05) is 38.1 Å². The second kappa shape index (κ2) is 10.4. The molecule has 6 nitrogen and oxygen atoms in total. The molecule has 0 bridgehead atoms. The average molecular weight is 390 g/mol. The third-order valence-corrected chi connectivity index (χ3v) is 4.29. The number of ether oxygens (including phenoxy) is 5. The molecular formula is C22H30O6. The molecule has 0 aromatic heterocycles. The zero-order valence-electron chi connectivity index (χ0n) is 17.1. The van der Waals surface area contributed by atoms with Crippen molar-refractivity contribution in [2.75, 3.05) is 13.7 Å². The summed E-state index contributed by atoms with van der Waals surface area (Å²) in [7, 11) is 1.63. The Morgan fingerprint density at radius 1 is 1.29 bits per heavy atom. The highest BCUT2D eigenvalue weighted by atomic mass is 16.8. The first-order chi connectivity index (χ1) is 13.4. The Morgan fingerprint density at radius 2 is 2.00 bits per heavy atom. The predicted octanol–water partition coefficient (Wildman–Crippen LogP) is 3.80. The van der Waals surface area contributed by atoms with Crippen molar-refractivity contribution in [2.24, 2.45) is 0 Å². The van der Waals surface area contributed by atoms with Gasteiger partial charge in [0.25, 0.3) is 0 Å². The van der Waals surface area contributed by atoms with Crippen molar-refractivity contribution < 1.29 is 28.5 Å². The molecule has 28 heavy (non-hydrogen) atoms. The van der Waals surface area contributed by atoms with Gasteiger partial charge in [-0.25, -0.2) is 4.79 Å². The maximum absolute atomic E-state index is 11.5. The summed E-state index contributed by atoms with van der Waals surface area (Å²) in [6.07, 6.45) is 4.42. The first-order valence-electron chi connectivity index (χ1n) is 9.44. The van der Waals surface area contributed by atoms with E-state index in [2.05, 4.69) is 6.58 Å². The molecule has 1 aromatic carbocycles. The SMILES string of the molecule is C=C[C@H](OCc1ccc(OC)cc1)[C@@H]1OC(C)(C)O[C@@H]1C/C=C/C(=O)OCC. The topological polar surface area (TPSA) is 63.2 Å². The van der Waals surface area contributed by atoms with Crippen LogP contribution < -0.4 is 4.74 Å². The molecule has 0 amide bonds. The number of esters is 1. The van der Waals surface area contributed by atoms with Gasteiger partial charge in [-0.15, -0.1) is 6.58 Å². The van der Waals surface area contributed by atoms with Gasteiger partial charge in [0.1, 0.15) is 18.0 Å². The third-order valence-electron chi connectivity index (χ3n) is 4.29. The zero-order chi connectivity index (χ0) is 20.6. The summed E-state index contributed by atoms with van der Waals surface area (Å²) in [5, 5.41) is 0. The summed E-state index contributed by atoms with van der Waals surface area (Å²) in [6, 6.07) is 7.69. The lowest BCUT2D eigenvalue weighted by Gasteiger charge is -2.24. The van der Waals surface area contributed by atoms with Crippen molar-refractivity contribution in [3.63, 3.8) is 0 Å². The van der Waals surface area contributed by atoms with E-state index in [9.17, 15) is 4.79 Å². The van der Waals surface area contributed by atoms with Gasteiger partial charge in [-0.2, -0.15) is 0 Å². The van der Waals surface area contributed by atoms with E-state index < -0.39 is 5.79 Å². The minimum atomic E-state index is -0.738. The lowest BCUT2D eigenvalue weighted by atomic mass is 10.0. The van der Waals surface area contributed by atoms with Crippen molar-refractivity contribution >= 4 is 5.97 Å². The number of benzene rings is 1. The van der Waals surface area contributed by atoms with Crippen molar-refractivity contribution in [3.05, 3.63) is 54.6 Å². The number of hydrogen-bond donors (Lipinski definition) is 0. The van der Waals surface area contributed by atoms with Gasteiger partial charge < -0.3 is 23.7 Å². The predicted molar refractivity (Wildman–Crippen MR) is 106 cm³/mol. The van der Waals surface area contributed by atoms with E-state index in [1.165, 1.54) is 6.08 Å². The number of rotatable bonds is 10. The Morgan fingerprint density at radius 3 is 2.61 bits per heavy atom. The highest BCUT2D eigenvalue weighted by Gasteiger charge is 2.44. The van der Waals surface area contributed by atoms with Crippen LogP contribution in [0.15, 0.2) is 49.1 Å². The van der Waals surface area contributed by atoms with Crippen LogP contribution in [0.2, 0.25) is 0 Å². The molecule has 1 heterocycles. The number of hydrogen-bond acceptors (Lipinski definition) is 6. The van der Waals surface area contributed by atoms with E-state index in [1.54, 1.807) is 26.2 Å². The molecule has 1 saturated heterocycles. The van der Waals surface area contributed by atoms with Crippen LogP contribution in [0.4, 0.5) is 0 Å². The van der Waals surface area contributed by atoms with Crippen LogP contribution in [-0.2, 0) is 30.3 Å². The van der Waals surface area contributed by atoms with E-state index in [-0.39, 0.29) is 24.3 Å². The summed E-state index contributed by atoms with van der Waals surface area (Å²) >= 11 is 0. The van der Waals surface area contributed by atoms with Crippen molar-refractivity contribution in [1.82, 2.24) is 0 Å². The molecule has 0 N–H and O–H groups in total. The van der Waals surface area contributed by atoms with Crippen LogP contribution in [0, 0.1) is 0 Å². The highest BCUT2D eigenvalue weighted by Crippen LogP contribution is 2.33. The van der Waals surface area contributed by atoms with Gasteiger partial charge in [-0.1, -0.05) is 24.3 Å². The monoisotopic (exact) mass is 390 g/mol. The van der Waals surface area contributed by atoms with Crippen LogP contribution in [0.5, 0.6) is 5.75 Å². The van der Waals surface area contributed by atoms with Gasteiger partial charge in [-0.05, 0) is 44.9 Å². The Balaban J connectivity index is 1.99. The molecular weight excluding hydrogens is 360 g/mol. The molecule has 0 radical (unpaired) electrons. The van der Waals surface area contributed by atoms with Crippen molar-refractivity contribution in [3.8, 4) is 5.75 Å². The molecule has 0 saturated carbocycles. The molecule has 154 valence electrons. The van der Waals surface area contributed by atoms with E-state index in [0.717, 1.165) is 11.3 Å². The van der Waals surface area contributed by atoms with Crippen molar-refractivity contribution in [2.45, 2.75) is 57.9 Å². The van der Waals surface area contributed by atoms with Gasteiger partial charge in [0.2, 0.25) is 0 Å². The Hall–Kier alpha value is -2.15. The van der Waals surface area contributed by atoms with Crippen LogP contribution in [-0.4, -0.2) is 43.8 Å². The maximum Gasteiger partial charge on any atom is 0.330 e. The molecule has 6 heteroatoms. The second-order valence-electron chi connectivity index (χ2n) is 6.89. The second-order valence-corrected chi connectivity index (χ2v) is 6.89. The van der Waals surface area contributed by atoms with E-state index in [4.69, 9.17) is 23.7 Å². The molecule has 2 rings (SSSR count). The van der Waals surface area contributed by atoms with Gasteiger partial charge in [0.15, 0.2) is 5.79 Å². The largest absolute Gasteiger partial charge is 0.497 e. The maximum atomic E-state index is 11.5. The zero-order valence-corrected chi connectivity index (χ0v) is 17.1.